The lowest BCUT2D eigenvalue weighted by Gasteiger charge is -2.37. The lowest BCUT2D eigenvalue weighted by molar-refractivity contribution is -0.146. The number of nitrogens with two attached hydrogens (primary N) is 1. The highest BCUT2D eigenvalue weighted by Crippen LogP contribution is 2.31. The van der Waals surface area contributed by atoms with Gasteiger partial charge in [-0.05, 0) is 37.1 Å². The Hall–Kier alpha value is -1.11. The molecule has 1 saturated heterocycles. The Morgan fingerprint density at radius 3 is 2.59 bits per heavy atom. The summed E-state index contributed by atoms with van der Waals surface area (Å²) in [5, 5.41) is 0. The summed E-state index contributed by atoms with van der Waals surface area (Å²) >= 11 is 3.38. The number of hydrogen-bond donors (Lipinski definition) is 1. The van der Waals surface area contributed by atoms with Gasteiger partial charge in [0.1, 0.15) is 12.4 Å². The number of halogens is 1. The van der Waals surface area contributed by atoms with Crippen LogP contribution in [0.3, 0.4) is 0 Å². The molecule has 22 heavy (non-hydrogen) atoms. The van der Waals surface area contributed by atoms with Crippen molar-refractivity contribution in [2.75, 3.05) is 40.0 Å². The zero-order valence-electron chi connectivity index (χ0n) is 12.9. The van der Waals surface area contributed by atoms with E-state index >= 15 is 0 Å². The zero-order chi connectivity index (χ0) is 16.0. The quantitative estimate of drug-likeness (QED) is 0.831. The second kappa shape index (κ2) is 7.94. The van der Waals surface area contributed by atoms with E-state index in [1.807, 2.05) is 24.3 Å². The predicted molar refractivity (Wildman–Crippen MR) is 88.8 cm³/mol. The van der Waals surface area contributed by atoms with Crippen LogP contribution in [0.4, 0.5) is 0 Å². The van der Waals surface area contributed by atoms with Gasteiger partial charge in [-0.15, -0.1) is 0 Å². The van der Waals surface area contributed by atoms with Crippen molar-refractivity contribution >= 4 is 21.8 Å². The number of likely N-dealkylation sites (N-methyl/N-ethyl adjacent to an activating group) is 1. The van der Waals surface area contributed by atoms with Gasteiger partial charge >= 0.3 is 0 Å². The van der Waals surface area contributed by atoms with Gasteiger partial charge < -0.3 is 20.1 Å². The summed E-state index contributed by atoms with van der Waals surface area (Å²) in [5.74, 6) is 0.890. The van der Waals surface area contributed by atoms with Gasteiger partial charge in [-0.25, -0.2) is 0 Å². The summed E-state index contributed by atoms with van der Waals surface area (Å²) in [6.07, 6.45) is 1.39. The molecule has 2 rings (SSSR count). The molecule has 1 aromatic carbocycles. The van der Waals surface area contributed by atoms with E-state index in [0.717, 1.165) is 10.2 Å². The first kappa shape index (κ1) is 17.2. The van der Waals surface area contributed by atoms with E-state index in [-0.39, 0.29) is 5.91 Å². The fraction of sp³-hybridized carbons (Fsp3) is 0.562. The predicted octanol–water partition coefficient (Wildman–Crippen LogP) is 2.04. The monoisotopic (exact) mass is 370 g/mol. The molecule has 0 spiro atoms. The summed E-state index contributed by atoms with van der Waals surface area (Å²) in [4.78, 5) is 14.4. The molecule has 1 aliphatic heterocycles. The Balaban J connectivity index is 1.84. The van der Waals surface area contributed by atoms with Crippen LogP contribution in [-0.2, 0) is 9.53 Å². The second-order valence-electron chi connectivity index (χ2n) is 5.63. The van der Waals surface area contributed by atoms with Crippen LogP contribution in [0.2, 0.25) is 0 Å². The van der Waals surface area contributed by atoms with E-state index in [1.54, 1.807) is 11.9 Å². The van der Waals surface area contributed by atoms with Crippen LogP contribution in [0.5, 0.6) is 5.75 Å². The lowest BCUT2D eigenvalue weighted by Crippen LogP contribution is -2.50. The molecule has 122 valence electrons. The van der Waals surface area contributed by atoms with Gasteiger partial charge in [-0.1, -0.05) is 15.9 Å². The third-order valence-corrected chi connectivity index (χ3v) is 4.68. The summed E-state index contributed by atoms with van der Waals surface area (Å²) in [7, 11) is 1.81. The smallest absolute Gasteiger partial charge is 0.230 e. The molecule has 1 fully saturated rings. The van der Waals surface area contributed by atoms with Crippen molar-refractivity contribution in [3.8, 4) is 5.75 Å². The van der Waals surface area contributed by atoms with Gasteiger partial charge in [0.2, 0.25) is 5.91 Å². The molecule has 0 radical (unpaired) electrons. The van der Waals surface area contributed by atoms with Crippen molar-refractivity contribution in [2.45, 2.75) is 12.8 Å². The fourth-order valence-electron chi connectivity index (χ4n) is 2.61. The number of hydrogen-bond acceptors (Lipinski definition) is 4. The maximum atomic E-state index is 12.7. The first-order chi connectivity index (χ1) is 10.6. The van der Waals surface area contributed by atoms with Crippen LogP contribution < -0.4 is 10.5 Å². The molecule has 1 heterocycles. The van der Waals surface area contributed by atoms with Crippen molar-refractivity contribution in [1.82, 2.24) is 4.90 Å². The average molecular weight is 371 g/mol. The average Bonchev–Trinajstić information content (AvgIpc) is 2.56. The van der Waals surface area contributed by atoms with Crippen molar-refractivity contribution in [2.24, 2.45) is 11.1 Å². The van der Waals surface area contributed by atoms with Crippen LogP contribution >= 0.6 is 15.9 Å². The second-order valence-corrected chi connectivity index (χ2v) is 6.54. The largest absolute Gasteiger partial charge is 0.492 e. The molecule has 1 aliphatic rings. The van der Waals surface area contributed by atoms with Gasteiger partial charge in [0.05, 0.1) is 12.0 Å². The molecule has 6 heteroatoms. The third-order valence-electron chi connectivity index (χ3n) is 4.15. The zero-order valence-corrected chi connectivity index (χ0v) is 14.5. The Morgan fingerprint density at radius 2 is 2.00 bits per heavy atom. The molecule has 0 bridgehead atoms. The van der Waals surface area contributed by atoms with Gasteiger partial charge in [0.15, 0.2) is 0 Å². The summed E-state index contributed by atoms with van der Waals surface area (Å²) in [6.45, 7) is 2.57. The minimum absolute atomic E-state index is 0.0951. The van der Waals surface area contributed by atoms with E-state index in [1.165, 1.54) is 0 Å². The molecule has 0 aliphatic carbocycles. The number of amides is 1. The maximum Gasteiger partial charge on any atom is 0.230 e. The number of carbonyl (C=O) groups is 1. The molecule has 0 aromatic heterocycles. The van der Waals surface area contributed by atoms with E-state index in [4.69, 9.17) is 15.2 Å². The Kier molecular flexibility index (Phi) is 6.23. The molecule has 1 amide bonds. The number of rotatable bonds is 6. The SMILES string of the molecule is CN(CCOc1ccc(Br)cc1)C(=O)C1(CN)CCOCC1. The molecule has 0 unspecified atom stereocenters. The molecule has 0 saturated carbocycles. The Morgan fingerprint density at radius 1 is 1.36 bits per heavy atom. The van der Waals surface area contributed by atoms with Gasteiger partial charge in [0, 0.05) is 31.3 Å². The van der Waals surface area contributed by atoms with E-state index in [9.17, 15) is 4.79 Å². The van der Waals surface area contributed by atoms with Crippen molar-refractivity contribution < 1.29 is 14.3 Å². The van der Waals surface area contributed by atoms with Crippen LogP contribution in [0, 0.1) is 5.41 Å². The summed E-state index contributed by atoms with van der Waals surface area (Å²) in [6, 6.07) is 7.64. The van der Waals surface area contributed by atoms with Crippen LogP contribution in [0.15, 0.2) is 28.7 Å². The molecule has 5 nitrogen and oxygen atoms in total. The molecule has 0 atom stereocenters. The van der Waals surface area contributed by atoms with E-state index in [0.29, 0.717) is 45.8 Å². The summed E-state index contributed by atoms with van der Waals surface area (Å²) in [5.41, 5.74) is 5.40. The first-order valence-corrected chi connectivity index (χ1v) is 8.28. The van der Waals surface area contributed by atoms with Gasteiger partial charge in [-0.2, -0.15) is 0 Å². The maximum absolute atomic E-state index is 12.7. The van der Waals surface area contributed by atoms with Crippen molar-refractivity contribution in [3.63, 3.8) is 0 Å². The highest BCUT2D eigenvalue weighted by Gasteiger charge is 2.40. The highest BCUT2D eigenvalue weighted by molar-refractivity contribution is 9.10. The normalized spacial score (nSPS) is 17.0. The number of nitrogens with zero attached hydrogens (tertiary/aromatic N) is 1. The highest BCUT2D eigenvalue weighted by atomic mass is 79.9. The number of benzene rings is 1. The minimum Gasteiger partial charge on any atom is -0.492 e. The topological polar surface area (TPSA) is 64.8 Å². The molecule has 2 N–H and O–H groups in total. The van der Waals surface area contributed by atoms with E-state index in [2.05, 4.69) is 15.9 Å². The van der Waals surface area contributed by atoms with Gasteiger partial charge in [-0.3, -0.25) is 4.79 Å². The third kappa shape index (κ3) is 4.21. The summed E-state index contributed by atoms with van der Waals surface area (Å²) < 4.78 is 12.0. The Bertz CT molecular complexity index is 487. The molecular weight excluding hydrogens is 348 g/mol. The number of carbonyl (C=O) groups excluding carboxylic acids is 1. The molecule has 1 aromatic rings. The minimum atomic E-state index is -0.468. The van der Waals surface area contributed by atoms with Crippen molar-refractivity contribution in [3.05, 3.63) is 28.7 Å². The van der Waals surface area contributed by atoms with Crippen LogP contribution in [0.25, 0.3) is 0 Å². The van der Waals surface area contributed by atoms with E-state index < -0.39 is 5.41 Å². The molecular formula is C16H23BrN2O3. The van der Waals surface area contributed by atoms with Gasteiger partial charge in [0.25, 0.3) is 0 Å². The van der Waals surface area contributed by atoms with Crippen LogP contribution in [-0.4, -0.2) is 50.8 Å². The standard InChI is InChI=1S/C16H23BrN2O3/c1-19(8-11-22-14-4-2-13(17)3-5-14)15(20)16(12-18)6-9-21-10-7-16/h2-5H,6-12,18H2,1H3. The van der Waals surface area contributed by atoms with Crippen LogP contribution in [0.1, 0.15) is 12.8 Å². The Labute approximate surface area is 139 Å². The first-order valence-electron chi connectivity index (χ1n) is 7.49. The van der Waals surface area contributed by atoms with Crippen molar-refractivity contribution in [1.29, 1.82) is 0 Å². The lowest BCUT2D eigenvalue weighted by atomic mass is 9.79. The fourth-order valence-corrected chi connectivity index (χ4v) is 2.87. The number of ether oxygens (including phenoxy) is 2.